The third-order valence-electron chi connectivity index (χ3n) is 5.34. The fourth-order valence-corrected chi connectivity index (χ4v) is 4.46. The maximum atomic E-state index is 13.2. The van der Waals surface area contributed by atoms with E-state index in [1.54, 1.807) is 17.5 Å². The minimum atomic E-state index is 0.0957. The number of hydrogen-bond acceptors (Lipinski definition) is 5. The number of aromatic nitrogens is 3. The van der Waals surface area contributed by atoms with Crippen molar-refractivity contribution in [2.45, 2.75) is 32.4 Å². The molecule has 0 bridgehead atoms. The number of hydrogen-bond donors (Lipinski definition) is 0. The van der Waals surface area contributed by atoms with Gasteiger partial charge in [-0.05, 0) is 51.4 Å². The van der Waals surface area contributed by atoms with Crippen molar-refractivity contribution in [3.05, 3.63) is 45.9 Å². The number of rotatable bonds is 4. The van der Waals surface area contributed by atoms with Crippen LogP contribution in [0.15, 0.2) is 29.8 Å². The number of carbonyl (C=O) groups excluding carboxylic acids is 1. The van der Waals surface area contributed by atoms with E-state index >= 15 is 0 Å². The lowest BCUT2D eigenvalue weighted by Crippen LogP contribution is -2.44. The van der Waals surface area contributed by atoms with Gasteiger partial charge in [0.25, 0.3) is 5.91 Å². The Hall–Kier alpha value is -2.25. The lowest BCUT2D eigenvalue weighted by Gasteiger charge is -2.35. The minimum Gasteiger partial charge on any atom is -0.339 e. The van der Waals surface area contributed by atoms with Gasteiger partial charge >= 0.3 is 0 Å². The van der Waals surface area contributed by atoms with E-state index in [4.69, 9.17) is 0 Å². The molecule has 142 valence electrons. The smallest absolute Gasteiger partial charge is 0.254 e. The number of pyridine rings is 1. The number of fused-ring (bicyclic) bond motifs is 1. The molecule has 6 nitrogen and oxygen atoms in total. The molecule has 3 aromatic rings. The number of nitrogens with zero attached hydrogens (tertiary/aromatic N) is 5. The molecule has 4 heterocycles. The zero-order chi connectivity index (χ0) is 19.0. The topological polar surface area (TPSA) is 54.3 Å². The van der Waals surface area contributed by atoms with E-state index in [1.807, 2.05) is 28.6 Å². The van der Waals surface area contributed by atoms with Gasteiger partial charge in [0, 0.05) is 29.7 Å². The van der Waals surface area contributed by atoms with Crippen LogP contribution in [0.5, 0.6) is 0 Å². The summed E-state index contributed by atoms with van der Waals surface area (Å²) in [4.78, 5) is 23.3. The molecular formula is C20H25N5OS. The molecule has 0 N–H and O–H groups in total. The summed E-state index contributed by atoms with van der Waals surface area (Å²) in [7, 11) is 4.22. The molecule has 1 aliphatic heterocycles. The molecule has 4 rings (SSSR count). The second-order valence-electron chi connectivity index (χ2n) is 7.42. The van der Waals surface area contributed by atoms with E-state index < -0.39 is 0 Å². The summed E-state index contributed by atoms with van der Waals surface area (Å²) in [5.74, 6) is 0.0957. The summed E-state index contributed by atoms with van der Waals surface area (Å²) in [5.41, 5.74) is 2.36. The van der Waals surface area contributed by atoms with Crippen molar-refractivity contribution in [2.24, 2.45) is 0 Å². The van der Waals surface area contributed by atoms with E-state index in [1.165, 1.54) is 4.88 Å². The molecule has 27 heavy (non-hydrogen) atoms. The van der Waals surface area contributed by atoms with Gasteiger partial charge in [0.05, 0.1) is 23.7 Å². The lowest BCUT2D eigenvalue weighted by atomic mass is 10.0. The second-order valence-corrected chi connectivity index (χ2v) is 8.45. The molecule has 0 radical (unpaired) electrons. The maximum Gasteiger partial charge on any atom is 0.254 e. The Bertz CT molecular complexity index is 939. The summed E-state index contributed by atoms with van der Waals surface area (Å²) in [5, 5.41) is 7.42. The minimum absolute atomic E-state index is 0.0957. The number of likely N-dealkylation sites (tertiary alicyclic amines) is 1. The van der Waals surface area contributed by atoms with Crippen LogP contribution in [-0.4, -0.2) is 63.7 Å². The summed E-state index contributed by atoms with van der Waals surface area (Å²) < 4.78 is 1.89. The summed E-state index contributed by atoms with van der Waals surface area (Å²) >= 11 is 1.70. The highest BCUT2D eigenvalue weighted by Crippen LogP contribution is 2.23. The fourth-order valence-electron chi connectivity index (χ4n) is 3.77. The number of piperidine rings is 1. The number of amides is 1. The first-order chi connectivity index (χ1) is 13.0. The van der Waals surface area contributed by atoms with Crippen molar-refractivity contribution >= 4 is 28.3 Å². The number of aryl methyl sites for hydroxylation is 1. The van der Waals surface area contributed by atoms with E-state index in [2.05, 4.69) is 40.5 Å². The van der Waals surface area contributed by atoms with Gasteiger partial charge in [0.2, 0.25) is 0 Å². The average molecular weight is 384 g/mol. The van der Waals surface area contributed by atoms with Crippen LogP contribution in [0.2, 0.25) is 0 Å². The van der Waals surface area contributed by atoms with Gasteiger partial charge in [-0.25, -0.2) is 9.67 Å². The van der Waals surface area contributed by atoms with Gasteiger partial charge in [-0.3, -0.25) is 4.79 Å². The van der Waals surface area contributed by atoms with E-state index in [0.29, 0.717) is 12.6 Å². The van der Waals surface area contributed by atoms with Crippen LogP contribution in [0.1, 0.15) is 33.8 Å². The van der Waals surface area contributed by atoms with Crippen LogP contribution in [0.25, 0.3) is 11.0 Å². The van der Waals surface area contributed by atoms with Crippen LogP contribution in [0.3, 0.4) is 0 Å². The van der Waals surface area contributed by atoms with Crippen LogP contribution in [-0.2, 0) is 6.54 Å². The zero-order valence-electron chi connectivity index (χ0n) is 16.1. The first kappa shape index (κ1) is 18.1. The van der Waals surface area contributed by atoms with Crippen molar-refractivity contribution in [1.29, 1.82) is 0 Å². The predicted octanol–water partition coefficient (Wildman–Crippen LogP) is 3.02. The third-order valence-corrected chi connectivity index (χ3v) is 6.20. The lowest BCUT2D eigenvalue weighted by molar-refractivity contribution is 0.0665. The fraction of sp³-hybridized carbons (Fsp3) is 0.450. The molecule has 0 aromatic carbocycles. The van der Waals surface area contributed by atoms with Gasteiger partial charge in [-0.15, -0.1) is 11.3 Å². The third kappa shape index (κ3) is 3.61. The number of carbonyl (C=O) groups is 1. The first-order valence-corrected chi connectivity index (χ1v) is 10.2. The van der Waals surface area contributed by atoms with Crippen LogP contribution in [0.4, 0.5) is 0 Å². The molecule has 0 saturated carbocycles. The molecule has 0 atom stereocenters. The summed E-state index contributed by atoms with van der Waals surface area (Å²) in [6.45, 7) is 4.22. The van der Waals surface area contributed by atoms with Gasteiger partial charge in [0.15, 0.2) is 5.65 Å². The standard InChI is InChI=1S/C20H25N5OS/c1-14-11-17(20(26)24-8-6-15(7-9-24)23(2)3)18-12-21-25(19(18)22-14)13-16-5-4-10-27-16/h4-5,10-12,15H,6-9,13H2,1-3H3. The Morgan fingerprint density at radius 3 is 2.78 bits per heavy atom. The number of thiophene rings is 1. The molecule has 0 aliphatic carbocycles. The van der Waals surface area contributed by atoms with Gasteiger partial charge in [-0.1, -0.05) is 6.07 Å². The Kier molecular flexibility index (Phi) is 4.97. The average Bonchev–Trinajstić information content (AvgIpc) is 3.31. The zero-order valence-corrected chi connectivity index (χ0v) is 16.9. The van der Waals surface area contributed by atoms with Gasteiger partial charge in [-0.2, -0.15) is 5.10 Å². The molecular weight excluding hydrogens is 358 g/mol. The molecule has 7 heteroatoms. The Balaban J connectivity index is 1.62. The van der Waals surface area contributed by atoms with E-state index in [9.17, 15) is 4.79 Å². The summed E-state index contributed by atoms with van der Waals surface area (Å²) in [6.07, 6.45) is 3.82. The largest absolute Gasteiger partial charge is 0.339 e. The van der Waals surface area contributed by atoms with Crippen molar-refractivity contribution in [2.75, 3.05) is 27.2 Å². The summed E-state index contributed by atoms with van der Waals surface area (Å²) in [6, 6.07) is 6.59. The Labute approximate surface area is 163 Å². The monoisotopic (exact) mass is 383 g/mol. The Morgan fingerprint density at radius 1 is 1.33 bits per heavy atom. The molecule has 1 saturated heterocycles. The first-order valence-electron chi connectivity index (χ1n) is 9.34. The van der Waals surface area contributed by atoms with Crippen LogP contribution in [0, 0.1) is 6.92 Å². The molecule has 0 unspecified atom stereocenters. The molecule has 3 aromatic heterocycles. The quantitative estimate of drug-likeness (QED) is 0.695. The van der Waals surface area contributed by atoms with Crippen LogP contribution >= 0.6 is 11.3 Å². The van der Waals surface area contributed by atoms with Crippen molar-refractivity contribution in [3.63, 3.8) is 0 Å². The molecule has 1 amide bonds. The maximum absolute atomic E-state index is 13.2. The van der Waals surface area contributed by atoms with Gasteiger partial charge < -0.3 is 9.80 Å². The predicted molar refractivity (Wildman–Crippen MR) is 108 cm³/mol. The van der Waals surface area contributed by atoms with E-state index in [0.717, 1.165) is 48.2 Å². The van der Waals surface area contributed by atoms with Crippen LogP contribution < -0.4 is 0 Å². The highest BCUT2D eigenvalue weighted by molar-refractivity contribution is 7.09. The molecule has 1 fully saturated rings. The van der Waals surface area contributed by atoms with Crippen molar-refractivity contribution in [1.82, 2.24) is 24.6 Å². The Morgan fingerprint density at radius 2 is 2.11 bits per heavy atom. The van der Waals surface area contributed by atoms with E-state index in [-0.39, 0.29) is 5.91 Å². The molecule has 1 aliphatic rings. The SMILES string of the molecule is Cc1cc(C(=O)N2CCC(N(C)C)CC2)c2cnn(Cc3cccs3)c2n1. The molecule has 0 spiro atoms. The van der Waals surface area contributed by atoms with Crippen molar-refractivity contribution < 1.29 is 4.79 Å². The van der Waals surface area contributed by atoms with Gasteiger partial charge in [0.1, 0.15) is 0 Å². The second kappa shape index (κ2) is 7.40. The highest BCUT2D eigenvalue weighted by atomic mass is 32.1. The highest BCUT2D eigenvalue weighted by Gasteiger charge is 2.26. The normalized spacial score (nSPS) is 15.8. The van der Waals surface area contributed by atoms with Crippen molar-refractivity contribution in [3.8, 4) is 0 Å².